The summed E-state index contributed by atoms with van der Waals surface area (Å²) in [7, 11) is 1.99. The van der Waals surface area contributed by atoms with Crippen LogP contribution in [0.3, 0.4) is 0 Å². The highest BCUT2D eigenvalue weighted by Gasteiger charge is 2.25. The Labute approximate surface area is 114 Å². The molecule has 2 rings (SSSR count). The van der Waals surface area contributed by atoms with Crippen molar-refractivity contribution in [3.63, 3.8) is 0 Å². The first-order valence-corrected chi connectivity index (χ1v) is 7.53. The van der Waals surface area contributed by atoms with Crippen molar-refractivity contribution in [2.24, 2.45) is 5.92 Å². The summed E-state index contributed by atoms with van der Waals surface area (Å²) < 4.78 is 1.05. The molecule has 17 heavy (non-hydrogen) atoms. The monoisotopic (exact) mass is 316 g/mol. The van der Waals surface area contributed by atoms with Gasteiger partial charge in [0.05, 0.1) is 8.79 Å². The Morgan fingerprint density at radius 1 is 1.35 bits per heavy atom. The lowest BCUT2D eigenvalue weighted by Gasteiger charge is -2.27. The third-order valence-electron chi connectivity index (χ3n) is 3.33. The maximum Gasteiger partial charge on any atom is 0.228 e. The number of amides is 1. The first-order chi connectivity index (χ1) is 8.19. The van der Waals surface area contributed by atoms with E-state index in [1.54, 1.807) is 11.3 Å². The van der Waals surface area contributed by atoms with Crippen molar-refractivity contribution in [3.05, 3.63) is 15.9 Å². The Morgan fingerprint density at radius 2 is 2.06 bits per heavy atom. The van der Waals surface area contributed by atoms with Gasteiger partial charge in [-0.1, -0.05) is 0 Å². The summed E-state index contributed by atoms with van der Waals surface area (Å²) >= 11 is 4.95. The number of carbonyl (C=O) groups excluding carboxylic acids is 1. The summed E-state index contributed by atoms with van der Waals surface area (Å²) in [5.74, 6) is 0.356. The first kappa shape index (κ1) is 13.1. The van der Waals surface area contributed by atoms with E-state index < -0.39 is 0 Å². The molecule has 0 saturated heterocycles. The fourth-order valence-corrected chi connectivity index (χ4v) is 3.54. The van der Waals surface area contributed by atoms with E-state index in [9.17, 15) is 4.79 Å². The Kier molecular flexibility index (Phi) is 4.59. The average Bonchev–Trinajstić information content (AvgIpc) is 2.75. The maximum atomic E-state index is 12.0. The van der Waals surface area contributed by atoms with Gasteiger partial charge in [-0.2, -0.15) is 0 Å². The predicted octanol–water partition coefficient (Wildman–Crippen LogP) is 3.23. The van der Waals surface area contributed by atoms with Crippen molar-refractivity contribution in [2.75, 3.05) is 12.4 Å². The molecule has 5 heteroatoms. The highest BCUT2D eigenvalue weighted by Crippen LogP contribution is 2.29. The molecule has 0 atom stereocenters. The molecule has 1 aromatic rings. The van der Waals surface area contributed by atoms with Crippen LogP contribution in [0.1, 0.15) is 25.7 Å². The fourth-order valence-electron chi connectivity index (χ4n) is 2.25. The number of rotatable bonds is 3. The number of hydrogen-bond acceptors (Lipinski definition) is 3. The van der Waals surface area contributed by atoms with Gasteiger partial charge >= 0.3 is 0 Å². The van der Waals surface area contributed by atoms with Gasteiger partial charge < -0.3 is 10.6 Å². The van der Waals surface area contributed by atoms with Crippen LogP contribution in [-0.2, 0) is 4.79 Å². The summed E-state index contributed by atoms with van der Waals surface area (Å²) in [5.41, 5.74) is 0. The van der Waals surface area contributed by atoms with Crippen molar-refractivity contribution < 1.29 is 4.79 Å². The lowest BCUT2D eigenvalue weighted by atomic mass is 9.85. The van der Waals surface area contributed by atoms with Gasteiger partial charge in [0, 0.05) is 12.0 Å². The molecule has 1 fully saturated rings. The summed E-state index contributed by atoms with van der Waals surface area (Å²) in [6.45, 7) is 0. The molecule has 1 amide bonds. The minimum absolute atomic E-state index is 0.175. The molecule has 1 aliphatic carbocycles. The highest BCUT2D eigenvalue weighted by molar-refractivity contribution is 9.11. The van der Waals surface area contributed by atoms with Gasteiger partial charge in [-0.15, -0.1) is 11.3 Å². The minimum Gasteiger partial charge on any atom is -0.317 e. The van der Waals surface area contributed by atoms with Gasteiger partial charge in [-0.25, -0.2) is 0 Å². The molecule has 1 aliphatic rings. The number of thiophene rings is 1. The first-order valence-electron chi connectivity index (χ1n) is 5.92. The normalized spacial score (nSPS) is 24.6. The summed E-state index contributed by atoms with van der Waals surface area (Å²) in [4.78, 5) is 12.0. The van der Waals surface area contributed by atoms with Gasteiger partial charge in [0.1, 0.15) is 0 Å². The molecule has 94 valence electrons. The number of nitrogens with one attached hydrogen (secondary N) is 2. The fraction of sp³-hybridized carbons (Fsp3) is 0.583. The Morgan fingerprint density at radius 3 is 2.59 bits per heavy atom. The molecule has 3 nitrogen and oxygen atoms in total. The second-order valence-electron chi connectivity index (χ2n) is 4.43. The predicted molar refractivity (Wildman–Crippen MR) is 75.5 cm³/mol. The van der Waals surface area contributed by atoms with Crippen LogP contribution in [0.2, 0.25) is 0 Å². The smallest absolute Gasteiger partial charge is 0.228 e. The molecule has 0 aromatic carbocycles. The quantitative estimate of drug-likeness (QED) is 0.899. The minimum atomic E-state index is 0.175. The van der Waals surface area contributed by atoms with E-state index >= 15 is 0 Å². The molecule has 0 radical (unpaired) electrons. The van der Waals surface area contributed by atoms with Crippen molar-refractivity contribution >= 4 is 38.2 Å². The molecule has 1 saturated carbocycles. The van der Waals surface area contributed by atoms with Crippen LogP contribution in [-0.4, -0.2) is 19.0 Å². The lowest BCUT2D eigenvalue weighted by Crippen LogP contribution is -2.34. The molecular formula is C12H17BrN2OS. The van der Waals surface area contributed by atoms with Crippen LogP contribution in [0.15, 0.2) is 15.9 Å². The van der Waals surface area contributed by atoms with E-state index in [1.807, 2.05) is 19.2 Å². The van der Waals surface area contributed by atoms with E-state index in [4.69, 9.17) is 0 Å². The molecular weight excluding hydrogens is 300 g/mol. The highest BCUT2D eigenvalue weighted by atomic mass is 79.9. The second-order valence-corrected chi connectivity index (χ2v) is 6.89. The Balaban J connectivity index is 1.85. The average molecular weight is 317 g/mol. The zero-order chi connectivity index (χ0) is 12.3. The number of anilines is 1. The van der Waals surface area contributed by atoms with E-state index in [-0.39, 0.29) is 11.8 Å². The summed E-state index contributed by atoms with van der Waals surface area (Å²) in [6, 6.07) is 4.49. The number of halogens is 1. The van der Waals surface area contributed by atoms with E-state index in [1.165, 1.54) is 0 Å². The van der Waals surface area contributed by atoms with Gasteiger partial charge in [0.15, 0.2) is 0 Å². The van der Waals surface area contributed by atoms with E-state index in [2.05, 4.69) is 26.6 Å². The summed E-state index contributed by atoms with van der Waals surface area (Å²) in [5, 5.41) is 7.20. The molecule has 0 spiro atoms. The molecule has 1 heterocycles. The maximum absolute atomic E-state index is 12.0. The second kappa shape index (κ2) is 5.98. The zero-order valence-electron chi connectivity index (χ0n) is 9.83. The van der Waals surface area contributed by atoms with Crippen LogP contribution in [0.5, 0.6) is 0 Å². The molecule has 0 bridgehead atoms. The Bertz CT molecular complexity index is 386. The molecule has 2 N–H and O–H groups in total. The zero-order valence-corrected chi connectivity index (χ0v) is 12.2. The van der Waals surface area contributed by atoms with E-state index in [0.717, 1.165) is 34.5 Å². The van der Waals surface area contributed by atoms with Crippen LogP contribution < -0.4 is 10.6 Å². The number of carbonyl (C=O) groups is 1. The largest absolute Gasteiger partial charge is 0.317 e. The van der Waals surface area contributed by atoms with Gasteiger partial charge in [0.25, 0.3) is 0 Å². The molecule has 0 aliphatic heterocycles. The van der Waals surface area contributed by atoms with Crippen LogP contribution in [0.4, 0.5) is 5.00 Å². The topological polar surface area (TPSA) is 41.1 Å². The third-order valence-corrected chi connectivity index (χ3v) is 4.86. The van der Waals surface area contributed by atoms with Crippen molar-refractivity contribution in [3.8, 4) is 0 Å². The SMILES string of the molecule is CNC1CCC(C(=O)Nc2ccc(Br)s2)CC1. The van der Waals surface area contributed by atoms with Gasteiger partial charge in [0.2, 0.25) is 5.91 Å². The molecule has 1 aromatic heterocycles. The van der Waals surface area contributed by atoms with Crippen LogP contribution >= 0.6 is 27.3 Å². The van der Waals surface area contributed by atoms with Gasteiger partial charge in [-0.05, 0) is 60.8 Å². The summed E-state index contributed by atoms with van der Waals surface area (Å²) in [6.07, 6.45) is 4.18. The van der Waals surface area contributed by atoms with E-state index in [0.29, 0.717) is 6.04 Å². The third kappa shape index (κ3) is 3.53. The van der Waals surface area contributed by atoms with Crippen LogP contribution in [0.25, 0.3) is 0 Å². The van der Waals surface area contributed by atoms with Crippen molar-refractivity contribution in [1.82, 2.24) is 5.32 Å². The van der Waals surface area contributed by atoms with Gasteiger partial charge in [-0.3, -0.25) is 4.79 Å². The standard InChI is InChI=1S/C12H17BrN2OS/c1-14-9-4-2-8(3-5-9)12(16)15-11-7-6-10(13)17-11/h6-9,14H,2-5H2,1H3,(H,15,16). The Hall–Kier alpha value is -0.390. The van der Waals surface area contributed by atoms with Crippen LogP contribution in [0, 0.1) is 5.92 Å². The van der Waals surface area contributed by atoms with Crippen molar-refractivity contribution in [1.29, 1.82) is 0 Å². The van der Waals surface area contributed by atoms with Crippen molar-refractivity contribution in [2.45, 2.75) is 31.7 Å². The lowest BCUT2D eigenvalue weighted by molar-refractivity contribution is -0.120. The number of hydrogen-bond donors (Lipinski definition) is 2. The molecule has 0 unspecified atom stereocenters.